The van der Waals surface area contributed by atoms with Crippen LogP contribution in [0.1, 0.15) is 52.1 Å². The van der Waals surface area contributed by atoms with Gasteiger partial charge in [-0.15, -0.1) is 0 Å². The molecule has 8 nitrogen and oxygen atoms in total. The summed E-state index contributed by atoms with van der Waals surface area (Å²) in [6.45, 7) is 7.46. The average Bonchev–Trinajstić information content (AvgIpc) is 3.61. The van der Waals surface area contributed by atoms with E-state index < -0.39 is 29.2 Å². The molecule has 0 saturated carbocycles. The van der Waals surface area contributed by atoms with Gasteiger partial charge in [-0.1, -0.05) is 110 Å². The number of nitrogens with zero attached hydrogens (tertiary/aromatic N) is 2. The van der Waals surface area contributed by atoms with Gasteiger partial charge in [-0.2, -0.15) is 0 Å². The maximum atomic E-state index is 11.3. The van der Waals surface area contributed by atoms with Crippen molar-refractivity contribution in [3.63, 3.8) is 0 Å². The van der Waals surface area contributed by atoms with Gasteiger partial charge in [-0.25, -0.2) is 9.98 Å². The molecule has 1 aliphatic heterocycles. The summed E-state index contributed by atoms with van der Waals surface area (Å²) in [5, 5.41) is 49.6. The number of benzene rings is 5. The normalized spacial score (nSPS) is 19.3. The first kappa shape index (κ1) is 34.0. The van der Waals surface area contributed by atoms with Crippen LogP contribution < -0.4 is 5.32 Å². The van der Waals surface area contributed by atoms with Gasteiger partial charge in [0.1, 0.15) is 28.4 Å². The third-order valence-electron chi connectivity index (χ3n) is 11.3. The number of rotatable bonds is 6. The first-order valence-electron chi connectivity index (χ1n) is 18.4. The van der Waals surface area contributed by atoms with E-state index in [1.54, 1.807) is 0 Å². The van der Waals surface area contributed by atoms with E-state index in [9.17, 15) is 20.4 Å². The van der Waals surface area contributed by atoms with E-state index >= 15 is 0 Å². The largest absolute Gasteiger partial charge is 0.504 e. The molecule has 5 N–H and O–H groups in total. The molecule has 0 fully saturated rings. The molecule has 6 aromatic rings. The number of phenolic OH excluding ortho intramolecular Hbond substituents is 4. The van der Waals surface area contributed by atoms with Crippen molar-refractivity contribution < 1.29 is 24.8 Å². The van der Waals surface area contributed by atoms with Gasteiger partial charge in [0.2, 0.25) is 0 Å². The van der Waals surface area contributed by atoms with E-state index in [1.807, 2.05) is 67.6 Å². The lowest BCUT2D eigenvalue weighted by Gasteiger charge is -2.35. The lowest BCUT2D eigenvalue weighted by atomic mass is 9.70. The zero-order chi connectivity index (χ0) is 38.0. The van der Waals surface area contributed by atoms with Gasteiger partial charge in [0, 0.05) is 33.4 Å². The molecule has 0 radical (unpaired) electrons. The molecule has 2 aliphatic carbocycles. The van der Waals surface area contributed by atoms with Crippen LogP contribution in [0.25, 0.3) is 39.1 Å². The van der Waals surface area contributed by atoms with E-state index in [4.69, 9.17) is 14.4 Å². The van der Waals surface area contributed by atoms with E-state index in [-0.39, 0.29) is 28.8 Å². The summed E-state index contributed by atoms with van der Waals surface area (Å²) in [4.78, 5) is 10.2. The standard InChI is InChI=1S/C47H39N3O5/c1-4-27-13-5-6-14-30(27)28-18-11-19-29(25(28)2)45-48-46(50-47(49-45)40-43(53)41(51)26(3)42(52)44(40)54)35-24-23-33(31-15-7-8-16-32(31)35)34-20-12-22-38-39(34)36-17-9-10-21-37(36)55-38/h4-6,8-14,16-24,31,33,46,51-54H,1,7,15H2,2-3H3,(H,48,49,50). The van der Waals surface area contributed by atoms with Gasteiger partial charge in [0.15, 0.2) is 29.2 Å². The second kappa shape index (κ2) is 13.2. The molecule has 0 amide bonds. The Kier molecular flexibility index (Phi) is 8.19. The Morgan fingerprint density at radius 3 is 2.22 bits per heavy atom. The lowest BCUT2D eigenvalue weighted by Crippen LogP contribution is -2.39. The van der Waals surface area contributed by atoms with Crippen LogP contribution in [0.4, 0.5) is 0 Å². The van der Waals surface area contributed by atoms with Crippen molar-refractivity contribution in [1.29, 1.82) is 0 Å². The minimum atomic E-state index is -0.804. The number of aliphatic imine (C=N–C) groups is 2. The Bertz CT molecular complexity index is 2720. The van der Waals surface area contributed by atoms with Crippen molar-refractivity contribution in [2.24, 2.45) is 15.9 Å². The molecular formula is C47H39N3O5. The molecule has 9 rings (SSSR count). The molecule has 3 aliphatic rings. The predicted molar refractivity (Wildman–Crippen MR) is 219 cm³/mol. The Balaban J connectivity index is 1.22. The monoisotopic (exact) mass is 725 g/mol. The molecule has 3 atom stereocenters. The molecule has 0 bridgehead atoms. The topological polar surface area (TPSA) is 131 Å². The summed E-state index contributed by atoms with van der Waals surface area (Å²) in [5.74, 6) is -1.60. The van der Waals surface area contributed by atoms with Crippen molar-refractivity contribution in [1.82, 2.24) is 5.32 Å². The second-order valence-electron chi connectivity index (χ2n) is 14.3. The molecule has 2 heterocycles. The number of allylic oxidation sites excluding steroid dienone is 4. The quantitative estimate of drug-likeness (QED) is 0.0858. The van der Waals surface area contributed by atoms with Crippen LogP contribution in [0.15, 0.2) is 141 Å². The van der Waals surface area contributed by atoms with Gasteiger partial charge < -0.3 is 30.2 Å². The molecule has 8 heteroatoms. The Hall–Kier alpha value is -6.80. The van der Waals surface area contributed by atoms with Crippen LogP contribution in [-0.2, 0) is 0 Å². The van der Waals surface area contributed by atoms with Crippen molar-refractivity contribution in [2.45, 2.75) is 38.8 Å². The highest BCUT2D eigenvalue weighted by Gasteiger charge is 2.36. The molecule has 5 aromatic carbocycles. The number of amidine groups is 2. The van der Waals surface area contributed by atoms with Gasteiger partial charge in [0.05, 0.1) is 0 Å². The van der Waals surface area contributed by atoms with E-state index in [2.05, 4.69) is 66.5 Å². The summed E-state index contributed by atoms with van der Waals surface area (Å²) >= 11 is 0. The zero-order valence-electron chi connectivity index (χ0n) is 30.4. The van der Waals surface area contributed by atoms with E-state index in [1.165, 1.54) is 12.5 Å². The summed E-state index contributed by atoms with van der Waals surface area (Å²) in [6, 6.07) is 28.5. The molecule has 0 spiro atoms. The molecule has 3 unspecified atom stereocenters. The van der Waals surface area contributed by atoms with Gasteiger partial charge in [0.25, 0.3) is 0 Å². The van der Waals surface area contributed by atoms with Crippen LogP contribution in [0.3, 0.4) is 0 Å². The highest BCUT2D eigenvalue weighted by atomic mass is 16.3. The van der Waals surface area contributed by atoms with Crippen LogP contribution in [0.5, 0.6) is 23.0 Å². The fraction of sp³-hybridized carbons (Fsp3) is 0.149. The average molecular weight is 726 g/mol. The fourth-order valence-corrected chi connectivity index (χ4v) is 8.52. The van der Waals surface area contributed by atoms with Crippen LogP contribution >= 0.6 is 0 Å². The fourth-order valence-electron chi connectivity index (χ4n) is 8.52. The predicted octanol–water partition coefficient (Wildman–Crippen LogP) is 10.1. The minimum absolute atomic E-state index is 0.0492. The molecule has 1 aromatic heterocycles. The number of aromatic hydroxyl groups is 4. The molecule has 272 valence electrons. The third kappa shape index (κ3) is 5.44. The number of hydrogen-bond acceptors (Lipinski definition) is 8. The minimum Gasteiger partial charge on any atom is -0.504 e. The summed E-state index contributed by atoms with van der Waals surface area (Å²) < 4.78 is 6.27. The van der Waals surface area contributed by atoms with E-state index in [0.29, 0.717) is 5.84 Å². The maximum Gasteiger partial charge on any atom is 0.172 e. The van der Waals surface area contributed by atoms with Crippen LogP contribution in [0.2, 0.25) is 0 Å². The first-order valence-corrected chi connectivity index (χ1v) is 18.4. The van der Waals surface area contributed by atoms with Crippen molar-refractivity contribution >= 4 is 39.7 Å². The van der Waals surface area contributed by atoms with Crippen LogP contribution in [0, 0.1) is 19.8 Å². The Labute approximate surface area is 318 Å². The smallest absolute Gasteiger partial charge is 0.172 e. The van der Waals surface area contributed by atoms with E-state index in [0.717, 1.165) is 73.7 Å². The zero-order valence-corrected chi connectivity index (χ0v) is 30.4. The number of hydrogen-bond donors (Lipinski definition) is 5. The Morgan fingerprint density at radius 2 is 1.40 bits per heavy atom. The SMILES string of the molecule is C=Cc1ccccc1-c1cccc(C2=NC(C3=C4C=CCCC4C(c4cccc5oc6ccccc6c45)C=C3)N=C(c3c(O)c(O)c(C)c(O)c3O)N2)c1C. The number of furan rings is 1. The summed E-state index contributed by atoms with van der Waals surface area (Å²) in [7, 11) is 0. The van der Waals surface area contributed by atoms with Crippen LogP contribution in [-0.4, -0.2) is 38.3 Å². The summed E-state index contributed by atoms with van der Waals surface area (Å²) in [6.07, 6.45) is 11.6. The molecule has 0 saturated heterocycles. The Morgan fingerprint density at radius 1 is 0.709 bits per heavy atom. The van der Waals surface area contributed by atoms with Gasteiger partial charge in [-0.3, -0.25) is 0 Å². The molecular weight excluding hydrogens is 687 g/mol. The molecule has 55 heavy (non-hydrogen) atoms. The van der Waals surface area contributed by atoms with Crippen molar-refractivity contribution in [3.05, 3.63) is 160 Å². The lowest BCUT2D eigenvalue weighted by molar-refractivity contribution is 0.367. The third-order valence-corrected chi connectivity index (χ3v) is 11.3. The first-order chi connectivity index (χ1) is 26.7. The van der Waals surface area contributed by atoms with Gasteiger partial charge in [-0.05, 0) is 78.1 Å². The number of para-hydroxylation sites is 1. The summed E-state index contributed by atoms with van der Waals surface area (Å²) in [5.41, 5.74) is 9.35. The highest BCUT2D eigenvalue weighted by Crippen LogP contribution is 2.49. The second-order valence-corrected chi connectivity index (χ2v) is 14.3. The highest BCUT2D eigenvalue weighted by molar-refractivity contribution is 6.19. The van der Waals surface area contributed by atoms with Crippen molar-refractivity contribution in [3.8, 4) is 34.1 Å². The number of fused-ring (bicyclic) bond motifs is 4. The van der Waals surface area contributed by atoms with Gasteiger partial charge >= 0.3 is 0 Å². The maximum absolute atomic E-state index is 11.3. The number of phenols is 4. The number of nitrogens with one attached hydrogen (secondary N) is 1. The van der Waals surface area contributed by atoms with Crippen molar-refractivity contribution in [2.75, 3.05) is 0 Å².